The fourth-order valence-corrected chi connectivity index (χ4v) is 2.57. The minimum absolute atomic E-state index is 0.00659. The summed E-state index contributed by atoms with van der Waals surface area (Å²) >= 11 is 0. The van der Waals surface area contributed by atoms with Crippen LogP contribution in [0.4, 0.5) is 0 Å². The molecule has 0 saturated heterocycles. The van der Waals surface area contributed by atoms with Crippen molar-refractivity contribution < 1.29 is 19.4 Å². The Morgan fingerprint density at radius 2 is 1.62 bits per heavy atom. The molecule has 138 valence electrons. The maximum absolute atomic E-state index is 11.6. The lowest BCUT2D eigenvalue weighted by Crippen LogP contribution is -2.08. The minimum atomic E-state index is -0.474. The van der Waals surface area contributed by atoms with Crippen LogP contribution in [0.25, 0.3) is 0 Å². The third kappa shape index (κ3) is 9.60. The Labute approximate surface area is 145 Å². The van der Waals surface area contributed by atoms with Crippen LogP contribution in [0, 0.1) is 0 Å². The third-order valence-corrected chi connectivity index (χ3v) is 3.97. The van der Waals surface area contributed by atoms with Crippen LogP contribution in [0.5, 0.6) is 5.75 Å². The molecule has 0 atom stereocenters. The van der Waals surface area contributed by atoms with Crippen molar-refractivity contribution in [3.8, 4) is 5.75 Å². The van der Waals surface area contributed by atoms with Gasteiger partial charge in [-0.15, -0.1) is 0 Å². The van der Waals surface area contributed by atoms with Crippen molar-refractivity contribution in [3.05, 3.63) is 18.0 Å². The highest BCUT2D eigenvalue weighted by Gasteiger charge is 2.10. The molecule has 0 unspecified atom stereocenters. The molecule has 0 radical (unpaired) electrons. The molecule has 1 aromatic heterocycles. The number of rotatable bonds is 15. The van der Waals surface area contributed by atoms with Gasteiger partial charge >= 0.3 is 5.97 Å². The number of aromatic amines is 1. The first-order chi connectivity index (χ1) is 11.8. The van der Waals surface area contributed by atoms with Gasteiger partial charge in [-0.25, -0.2) is 4.79 Å². The average molecular weight is 339 g/mol. The van der Waals surface area contributed by atoms with Gasteiger partial charge in [0, 0.05) is 12.3 Å². The van der Waals surface area contributed by atoms with Crippen molar-refractivity contribution in [2.24, 2.45) is 0 Å². The molecule has 0 aliphatic rings. The van der Waals surface area contributed by atoms with Gasteiger partial charge in [-0.3, -0.25) is 0 Å². The highest BCUT2D eigenvalue weighted by molar-refractivity contribution is 5.87. The van der Waals surface area contributed by atoms with Crippen LogP contribution < -0.4 is 4.74 Å². The summed E-state index contributed by atoms with van der Waals surface area (Å²) in [5.41, 5.74) is 0.349. The molecule has 1 heterocycles. The number of H-pyrrole nitrogens is 1. The lowest BCUT2D eigenvalue weighted by molar-refractivity contribution is 0.0427. The van der Waals surface area contributed by atoms with Gasteiger partial charge in [-0.2, -0.15) is 0 Å². The van der Waals surface area contributed by atoms with Crippen molar-refractivity contribution in [2.45, 2.75) is 71.1 Å². The van der Waals surface area contributed by atoms with E-state index < -0.39 is 5.97 Å². The topological polar surface area (TPSA) is 71.6 Å². The van der Waals surface area contributed by atoms with Crippen LogP contribution in [-0.2, 0) is 4.74 Å². The summed E-state index contributed by atoms with van der Waals surface area (Å²) in [7, 11) is 0. The number of aromatic nitrogens is 1. The largest absolute Gasteiger partial charge is 0.492 e. The summed E-state index contributed by atoms with van der Waals surface area (Å²) < 4.78 is 10.5. The van der Waals surface area contributed by atoms with Gasteiger partial charge in [0.05, 0.1) is 13.2 Å². The average Bonchev–Trinajstić information content (AvgIpc) is 3.06. The van der Waals surface area contributed by atoms with Crippen LogP contribution in [0.3, 0.4) is 0 Å². The number of hydrogen-bond donors (Lipinski definition) is 2. The van der Waals surface area contributed by atoms with E-state index in [-0.39, 0.29) is 13.2 Å². The van der Waals surface area contributed by atoms with E-state index in [9.17, 15) is 4.79 Å². The van der Waals surface area contributed by atoms with Gasteiger partial charge in [0.2, 0.25) is 0 Å². The summed E-state index contributed by atoms with van der Waals surface area (Å²) in [6, 6.07) is 1.63. The Kier molecular flexibility index (Phi) is 11.9. The lowest BCUT2D eigenvalue weighted by Gasteiger charge is -2.04. The molecule has 5 heteroatoms. The molecule has 1 rings (SSSR count). The quantitative estimate of drug-likeness (QED) is 0.365. The molecule has 0 aliphatic carbocycles. The first-order valence-electron chi connectivity index (χ1n) is 9.37. The Hall–Kier alpha value is -1.49. The fraction of sp³-hybridized carbons (Fsp3) is 0.737. The Bertz CT molecular complexity index is 431. The number of hydrogen-bond acceptors (Lipinski definition) is 4. The van der Waals surface area contributed by atoms with Crippen molar-refractivity contribution in [1.29, 1.82) is 0 Å². The lowest BCUT2D eigenvalue weighted by atomic mass is 10.1. The van der Waals surface area contributed by atoms with Gasteiger partial charge in [0.25, 0.3) is 0 Å². The summed E-state index contributed by atoms with van der Waals surface area (Å²) in [5.74, 6) is 0.180. The van der Waals surface area contributed by atoms with E-state index in [4.69, 9.17) is 14.6 Å². The second kappa shape index (κ2) is 13.9. The molecule has 1 aromatic rings. The molecule has 0 aromatic carbocycles. The van der Waals surface area contributed by atoms with Crippen LogP contribution >= 0.6 is 0 Å². The molecule has 0 saturated carbocycles. The zero-order valence-corrected chi connectivity index (χ0v) is 15.0. The number of carbonyl (C=O) groups excluding carboxylic acids is 1. The van der Waals surface area contributed by atoms with E-state index in [2.05, 4.69) is 11.9 Å². The normalized spacial score (nSPS) is 10.8. The molecule has 0 aliphatic heterocycles. The number of unbranched alkanes of at least 4 members (excludes halogenated alkanes) is 9. The second-order valence-corrected chi connectivity index (χ2v) is 6.14. The van der Waals surface area contributed by atoms with Gasteiger partial charge in [-0.1, -0.05) is 64.7 Å². The fourth-order valence-electron chi connectivity index (χ4n) is 2.57. The number of carbonyl (C=O) groups is 1. The Balaban J connectivity index is 1.98. The van der Waals surface area contributed by atoms with E-state index >= 15 is 0 Å². The van der Waals surface area contributed by atoms with Crippen LogP contribution in [0.15, 0.2) is 12.3 Å². The predicted molar refractivity (Wildman–Crippen MR) is 95.5 cm³/mol. The smallest absolute Gasteiger partial charge is 0.354 e. The summed E-state index contributed by atoms with van der Waals surface area (Å²) in [6.45, 7) is 2.75. The van der Waals surface area contributed by atoms with E-state index in [0.717, 1.165) is 6.42 Å². The Morgan fingerprint density at radius 3 is 2.25 bits per heavy atom. The van der Waals surface area contributed by atoms with Crippen molar-refractivity contribution in [2.75, 3.05) is 19.8 Å². The number of aliphatic hydroxyl groups is 1. The van der Waals surface area contributed by atoms with Crippen molar-refractivity contribution in [1.82, 2.24) is 4.98 Å². The van der Waals surface area contributed by atoms with E-state index in [1.165, 1.54) is 57.8 Å². The number of aliphatic hydroxyl groups excluding tert-OH is 1. The summed E-state index contributed by atoms with van der Waals surface area (Å²) in [6.07, 6.45) is 14.6. The Morgan fingerprint density at radius 1 is 1.00 bits per heavy atom. The molecule has 0 fully saturated rings. The van der Waals surface area contributed by atoms with Gasteiger partial charge in [-0.05, 0) is 6.42 Å². The minimum Gasteiger partial charge on any atom is -0.492 e. The first kappa shape index (κ1) is 20.6. The SMILES string of the molecule is CCCCCCCCCCCCOc1c[nH]c(C(=O)OCCO)c1. The monoisotopic (exact) mass is 339 g/mol. The number of nitrogens with one attached hydrogen (secondary N) is 1. The molecular formula is C19H33NO4. The summed E-state index contributed by atoms with van der Waals surface area (Å²) in [4.78, 5) is 14.4. The van der Waals surface area contributed by atoms with Crippen molar-refractivity contribution in [3.63, 3.8) is 0 Å². The molecular weight excluding hydrogens is 306 g/mol. The van der Waals surface area contributed by atoms with Gasteiger partial charge in [0.15, 0.2) is 0 Å². The molecule has 0 spiro atoms. The van der Waals surface area contributed by atoms with Gasteiger partial charge < -0.3 is 19.6 Å². The second-order valence-electron chi connectivity index (χ2n) is 6.14. The van der Waals surface area contributed by atoms with E-state index in [0.29, 0.717) is 18.1 Å². The molecule has 0 bridgehead atoms. The van der Waals surface area contributed by atoms with Crippen LogP contribution in [-0.4, -0.2) is 35.9 Å². The molecule has 5 nitrogen and oxygen atoms in total. The zero-order chi connectivity index (χ0) is 17.5. The van der Waals surface area contributed by atoms with Crippen LogP contribution in [0.1, 0.15) is 81.6 Å². The maximum Gasteiger partial charge on any atom is 0.354 e. The standard InChI is InChI=1S/C19H33NO4/c1-2-3-4-5-6-7-8-9-10-11-13-23-17-15-18(20-16-17)19(22)24-14-12-21/h15-16,20-21H,2-14H2,1H3. The highest BCUT2D eigenvalue weighted by atomic mass is 16.5. The highest BCUT2D eigenvalue weighted by Crippen LogP contribution is 2.15. The van der Waals surface area contributed by atoms with E-state index in [1.54, 1.807) is 12.3 Å². The van der Waals surface area contributed by atoms with Gasteiger partial charge in [0.1, 0.15) is 18.1 Å². The number of esters is 1. The number of ether oxygens (including phenoxy) is 2. The molecule has 2 N–H and O–H groups in total. The summed E-state index contributed by atoms with van der Waals surface area (Å²) in [5, 5.41) is 8.62. The molecule has 24 heavy (non-hydrogen) atoms. The maximum atomic E-state index is 11.6. The first-order valence-corrected chi connectivity index (χ1v) is 9.37. The third-order valence-electron chi connectivity index (χ3n) is 3.97. The predicted octanol–water partition coefficient (Wildman–Crippen LogP) is 4.46. The van der Waals surface area contributed by atoms with Crippen LogP contribution in [0.2, 0.25) is 0 Å². The molecule has 0 amide bonds. The van der Waals surface area contributed by atoms with Crippen molar-refractivity contribution >= 4 is 5.97 Å². The zero-order valence-electron chi connectivity index (χ0n) is 15.0. The van der Waals surface area contributed by atoms with E-state index in [1.807, 2.05) is 0 Å².